The van der Waals surface area contributed by atoms with Crippen molar-refractivity contribution < 1.29 is 10.2 Å². The van der Waals surface area contributed by atoms with Crippen LogP contribution < -0.4 is 5.32 Å². The fraction of sp³-hybridized carbons (Fsp3) is 0.417. The highest BCUT2D eigenvalue weighted by molar-refractivity contribution is 5.78. The lowest BCUT2D eigenvalue weighted by Gasteiger charge is -2.20. The van der Waals surface area contributed by atoms with E-state index in [1.54, 1.807) is 6.92 Å². The molecule has 0 aliphatic heterocycles. The third-order valence-electron chi connectivity index (χ3n) is 2.76. The zero-order chi connectivity index (χ0) is 12.5. The van der Waals surface area contributed by atoms with Crippen molar-refractivity contribution in [2.24, 2.45) is 7.05 Å². The van der Waals surface area contributed by atoms with Crippen molar-refractivity contribution in [3.63, 3.8) is 0 Å². The molecule has 1 unspecified atom stereocenters. The Morgan fingerprint density at radius 2 is 2.12 bits per heavy atom. The van der Waals surface area contributed by atoms with E-state index in [1.165, 1.54) is 0 Å². The summed E-state index contributed by atoms with van der Waals surface area (Å²) in [7, 11) is 1.91. The molecule has 0 bridgehead atoms. The predicted molar refractivity (Wildman–Crippen MR) is 66.9 cm³/mol. The Morgan fingerprint density at radius 3 is 2.76 bits per heavy atom. The summed E-state index contributed by atoms with van der Waals surface area (Å²) in [6, 6.07) is 7.81. The summed E-state index contributed by atoms with van der Waals surface area (Å²) in [5.41, 5.74) is 0.790. The van der Waals surface area contributed by atoms with E-state index < -0.39 is 5.60 Å². The van der Waals surface area contributed by atoms with E-state index in [2.05, 4.69) is 10.3 Å². The van der Waals surface area contributed by atoms with Gasteiger partial charge in [0.15, 0.2) is 0 Å². The van der Waals surface area contributed by atoms with Crippen LogP contribution in [0.15, 0.2) is 24.3 Å². The van der Waals surface area contributed by atoms with Gasteiger partial charge in [0.2, 0.25) is 5.95 Å². The zero-order valence-electron chi connectivity index (χ0n) is 10.0. The number of para-hydroxylation sites is 2. The van der Waals surface area contributed by atoms with Crippen LogP contribution >= 0.6 is 0 Å². The van der Waals surface area contributed by atoms with Gasteiger partial charge in [-0.15, -0.1) is 0 Å². The molecule has 5 nitrogen and oxygen atoms in total. The van der Waals surface area contributed by atoms with E-state index in [9.17, 15) is 5.11 Å². The Labute approximate surface area is 99.7 Å². The first-order valence-electron chi connectivity index (χ1n) is 5.52. The molecule has 3 N–H and O–H groups in total. The highest BCUT2D eigenvalue weighted by atomic mass is 16.3. The first-order valence-corrected chi connectivity index (χ1v) is 5.52. The van der Waals surface area contributed by atoms with Gasteiger partial charge in [0.25, 0.3) is 0 Å². The van der Waals surface area contributed by atoms with Crippen LogP contribution in [-0.2, 0) is 7.05 Å². The van der Waals surface area contributed by atoms with Gasteiger partial charge in [0.05, 0.1) is 17.6 Å². The van der Waals surface area contributed by atoms with Gasteiger partial charge in [-0.25, -0.2) is 4.98 Å². The Balaban J connectivity index is 2.22. The van der Waals surface area contributed by atoms with Crippen molar-refractivity contribution >= 4 is 17.0 Å². The molecule has 0 saturated carbocycles. The average molecular weight is 235 g/mol. The fourth-order valence-corrected chi connectivity index (χ4v) is 1.63. The molecule has 17 heavy (non-hydrogen) atoms. The number of imidazole rings is 1. The largest absolute Gasteiger partial charge is 0.393 e. The van der Waals surface area contributed by atoms with Gasteiger partial charge in [-0.2, -0.15) is 0 Å². The number of hydrogen-bond donors (Lipinski definition) is 3. The standard InChI is InChI=1S/C12H17N3O2/c1-12(17,8-16)7-13-11-14-9-5-3-4-6-10(9)15(11)2/h3-6,16-17H,7-8H2,1-2H3,(H,13,14). The van der Waals surface area contributed by atoms with Gasteiger partial charge < -0.3 is 20.1 Å². The number of aliphatic hydroxyl groups excluding tert-OH is 1. The lowest BCUT2D eigenvalue weighted by molar-refractivity contribution is 0.0131. The molecule has 1 aromatic heterocycles. The maximum absolute atomic E-state index is 9.70. The highest BCUT2D eigenvalue weighted by Gasteiger charge is 2.19. The second-order valence-electron chi connectivity index (χ2n) is 4.49. The maximum atomic E-state index is 9.70. The number of anilines is 1. The number of benzene rings is 1. The quantitative estimate of drug-likeness (QED) is 0.730. The summed E-state index contributed by atoms with van der Waals surface area (Å²) in [6.45, 7) is 1.53. The average Bonchev–Trinajstić information content (AvgIpc) is 2.65. The molecule has 0 saturated heterocycles. The van der Waals surface area contributed by atoms with Crippen molar-refractivity contribution in [3.8, 4) is 0 Å². The van der Waals surface area contributed by atoms with Crippen molar-refractivity contribution in [1.82, 2.24) is 9.55 Å². The van der Waals surface area contributed by atoms with Gasteiger partial charge in [0.1, 0.15) is 5.60 Å². The molecule has 5 heteroatoms. The number of aliphatic hydroxyl groups is 2. The van der Waals surface area contributed by atoms with Crippen LogP contribution in [0.4, 0.5) is 5.95 Å². The molecule has 0 amide bonds. The number of nitrogens with zero attached hydrogens (tertiary/aromatic N) is 2. The third kappa shape index (κ3) is 2.40. The zero-order valence-corrected chi connectivity index (χ0v) is 10.0. The van der Waals surface area contributed by atoms with Crippen LogP contribution in [0, 0.1) is 0 Å². The number of rotatable bonds is 4. The van der Waals surface area contributed by atoms with E-state index in [4.69, 9.17) is 5.11 Å². The number of fused-ring (bicyclic) bond motifs is 1. The predicted octanol–water partition coefficient (Wildman–Crippen LogP) is 0.728. The smallest absolute Gasteiger partial charge is 0.203 e. The monoisotopic (exact) mass is 235 g/mol. The van der Waals surface area contributed by atoms with Crippen molar-refractivity contribution in [2.75, 3.05) is 18.5 Å². The van der Waals surface area contributed by atoms with E-state index in [1.807, 2.05) is 35.9 Å². The maximum Gasteiger partial charge on any atom is 0.203 e. The van der Waals surface area contributed by atoms with Crippen molar-refractivity contribution in [1.29, 1.82) is 0 Å². The third-order valence-corrected chi connectivity index (χ3v) is 2.76. The second-order valence-corrected chi connectivity index (χ2v) is 4.49. The van der Waals surface area contributed by atoms with Gasteiger partial charge in [-0.1, -0.05) is 12.1 Å². The molecule has 0 spiro atoms. The SMILES string of the molecule is Cn1c(NCC(C)(O)CO)nc2ccccc21. The minimum Gasteiger partial charge on any atom is -0.393 e. The Kier molecular flexibility index (Phi) is 3.04. The van der Waals surface area contributed by atoms with Crippen LogP contribution in [0.3, 0.4) is 0 Å². The molecule has 1 atom stereocenters. The molecule has 92 valence electrons. The molecule has 0 aliphatic rings. The first kappa shape index (κ1) is 11.9. The van der Waals surface area contributed by atoms with Crippen LogP contribution in [-0.4, -0.2) is 38.5 Å². The molecule has 1 aromatic carbocycles. The van der Waals surface area contributed by atoms with Crippen LogP contribution in [0.1, 0.15) is 6.92 Å². The molecule has 0 radical (unpaired) electrons. The number of nitrogens with one attached hydrogen (secondary N) is 1. The first-order chi connectivity index (χ1) is 8.03. The fourth-order valence-electron chi connectivity index (χ4n) is 1.63. The topological polar surface area (TPSA) is 70.3 Å². The van der Waals surface area contributed by atoms with E-state index in [0.717, 1.165) is 11.0 Å². The van der Waals surface area contributed by atoms with Crippen molar-refractivity contribution in [3.05, 3.63) is 24.3 Å². The normalized spacial score (nSPS) is 14.8. The molecule has 0 fully saturated rings. The van der Waals surface area contributed by atoms with Crippen LogP contribution in [0.25, 0.3) is 11.0 Å². The lowest BCUT2D eigenvalue weighted by atomic mass is 10.1. The summed E-state index contributed by atoms with van der Waals surface area (Å²) in [6.07, 6.45) is 0. The molecule has 0 aliphatic carbocycles. The van der Waals surface area contributed by atoms with Crippen LogP contribution in [0.2, 0.25) is 0 Å². The molecule has 2 aromatic rings. The van der Waals surface area contributed by atoms with Gasteiger partial charge in [0, 0.05) is 13.6 Å². The Morgan fingerprint density at radius 1 is 1.41 bits per heavy atom. The number of hydrogen-bond acceptors (Lipinski definition) is 4. The van der Waals surface area contributed by atoms with E-state index in [0.29, 0.717) is 5.95 Å². The van der Waals surface area contributed by atoms with E-state index >= 15 is 0 Å². The van der Waals surface area contributed by atoms with E-state index in [-0.39, 0.29) is 13.2 Å². The summed E-state index contributed by atoms with van der Waals surface area (Å²) in [5, 5.41) is 21.7. The molecule has 1 heterocycles. The minimum atomic E-state index is -1.14. The molecular weight excluding hydrogens is 218 g/mol. The van der Waals surface area contributed by atoms with Gasteiger partial charge >= 0.3 is 0 Å². The summed E-state index contributed by atoms with van der Waals surface area (Å²) >= 11 is 0. The number of aryl methyl sites for hydroxylation is 1. The van der Waals surface area contributed by atoms with Gasteiger partial charge in [-0.3, -0.25) is 0 Å². The Hall–Kier alpha value is -1.59. The Bertz CT molecular complexity index is 519. The number of aromatic nitrogens is 2. The van der Waals surface area contributed by atoms with Crippen LogP contribution in [0.5, 0.6) is 0 Å². The molecular formula is C12H17N3O2. The minimum absolute atomic E-state index is 0.251. The summed E-state index contributed by atoms with van der Waals surface area (Å²) < 4.78 is 1.92. The van der Waals surface area contributed by atoms with Gasteiger partial charge in [-0.05, 0) is 19.1 Å². The van der Waals surface area contributed by atoms with Crippen molar-refractivity contribution in [2.45, 2.75) is 12.5 Å². The highest BCUT2D eigenvalue weighted by Crippen LogP contribution is 2.18. The second kappa shape index (κ2) is 4.35. The summed E-state index contributed by atoms with van der Waals surface area (Å²) in [4.78, 5) is 4.41. The lowest BCUT2D eigenvalue weighted by Crippen LogP contribution is -2.37. The molecule has 2 rings (SSSR count). The summed E-state index contributed by atoms with van der Waals surface area (Å²) in [5.74, 6) is 0.680.